The summed E-state index contributed by atoms with van der Waals surface area (Å²) in [6.07, 6.45) is 0.581. The van der Waals surface area contributed by atoms with Crippen molar-refractivity contribution >= 4 is 33.3 Å². The van der Waals surface area contributed by atoms with E-state index in [1.165, 1.54) is 35.5 Å². The lowest BCUT2D eigenvalue weighted by atomic mass is 10.2. The quantitative estimate of drug-likeness (QED) is 0.598. The average Bonchev–Trinajstić information content (AvgIpc) is 3.41. The number of ether oxygens (including phenoxy) is 2. The van der Waals surface area contributed by atoms with Crippen molar-refractivity contribution in [1.82, 2.24) is 4.31 Å². The molecule has 1 atom stereocenters. The number of anilines is 2. The number of sulfonamides is 1. The molecule has 0 saturated carbocycles. The predicted octanol–water partition coefficient (Wildman–Crippen LogP) is 2.49. The second-order valence-electron chi connectivity index (χ2n) is 8.32. The SMILES string of the molecule is CC(OC(=O)c1cccc(S(=O)(=O)N2CCCC2)c1)C(=O)Nc1ccc(N2CCOCC2)cc1. The molecule has 9 nitrogen and oxygen atoms in total. The first-order chi connectivity index (χ1) is 16.3. The van der Waals surface area contributed by atoms with Crippen molar-refractivity contribution in [3.05, 3.63) is 54.1 Å². The van der Waals surface area contributed by atoms with Crippen molar-refractivity contribution in [3.8, 4) is 0 Å². The topological polar surface area (TPSA) is 105 Å². The molecule has 2 heterocycles. The van der Waals surface area contributed by atoms with Gasteiger partial charge in [0.1, 0.15) is 0 Å². The summed E-state index contributed by atoms with van der Waals surface area (Å²) in [6.45, 7) is 5.44. The van der Waals surface area contributed by atoms with Crippen LogP contribution in [0.1, 0.15) is 30.1 Å². The Bertz CT molecular complexity index is 1120. The van der Waals surface area contributed by atoms with E-state index in [2.05, 4.69) is 10.2 Å². The summed E-state index contributed by atoms with van der Waals surface area (Å²) in [5.41, 5.74) is 1.71. The highest BCUT2D eigenvalue weighted by molar-refractivity contribution is 7.89. The molecule has 2 fully saturated rings. The molecule has 2 aromatic carbocycles. The summed E-state index contributed by atoms with van der Waals surface area (Å²) in [5, 5.41) is 2.74. The lowest BCUT2D eigenvalue weighted by molar-refractivity contribution is -0.123. The molecule has 182 valence electrons. The van der Waals surface area contributed by atoms with E-state index in [-0.39, 0.29) is 10.5 Å². The van der Waals surface area contributed by atoms with Crippen LogP contribution in [-0.4, -0.2) is 70.1 Å². The summed E-state index contributed by atoms with van der Waals surface area (Å²) in [7, 11) is -3.66. The van der Waals surface area contributed by atoms with Gasteiger partial charge in [-0.25, -0.2) is 13.2 Å². The number of amides is 1. The van der Waals surface area contributed by atoms with Gasteiger partial charge >= 0.3 is 5.97 Å². The highest BCUT2D eigenvalue weighted by Crippen LogP contribution is 2.22. The summed E-state index contributed by atoms with van der Waals surface area (Å²) < 4.78 is 37.6. The van der Waals surface area contributed by atoms with Gasteiger partial charge in [-0.05, 0) is 62.2 Å². The average molecular weight is 488 g/mol. The summed E-state index contributed by atoms with van der Waals surface area (Å²) >= 11 is 0. The molecule has 0 bridgehead atoms. The largest absolute Gasteiger partial charge is 0.449 e. The molecule has 0 spiro atoms. The summed E-state index contributed by atoms with van der Waals surface area (Å²) in [4.78, 5) is 27.4. The Balaban J connectivity index is 1.35. The highest BCUT2D eigenvalue weighted by Gasteiger charge is 2.28. The van der Waals surface area contributed by atoms with Crippen molar-refractivity contribution in [2.45, 2.75) is 30.8 Å². The van der Waals surface area contributed by atoms with Crippen LogP contribution in [0.3, 0.4) is 0 Å². The van der Waals surface area contributed by atoms with Crippen molar-refractivity contribution in [2.75, 3.05) is 49.6 Å². The van der Waals surface area contributed by atoms with Gasteiger partial charge in [0.05, 0.1) is 23.7 Å². The molecule has 1 N–H and O–H groups in total. The molecule has 10 heteroatoms. The minimum Gasteiger partial charge on any atom is -0.449 e. The zero-order chi connectivity index (χ0) is 24.1. The molecule has 2 aromatic rings. The Labute approximate surface area is 199 Å². The van der Waals surface area contributed by atoms with Crippen LogP contribution in [0.25, 0.3) is 0 Å². The number of carbonyl (C=O) groups is 2. The van der Waals surface area contributed by atoms with Gasteiger partial charge in [0.2, 0.25) is 10.0 Å². The normalized spacial score (nSPS) is 17.9. The third-order valence-electron chi connectivity index (χ3n) is 5.94. The van der Waals surface area contributed by atoms with Crippen molar-refractivity contribution in [1.29, 1.82) is 0 Å². The van der Waals surface area contributed by atoms with E-state index in [1.54, 1.807) is 12.1 Å². The van der Waals surface area contributed by atoms with E-state index >= 15 is 0 Å². The van der Waals surface area contributed by atoms with E-state index in [0.717, 1.165) is 31.6 Å². The van der Waals surface area contributed by atoms with Crippen LogP contribution >= 0.6 is 0 Å². The minimum atomic E-state index is -3.66. The zero-order valence-corrected chi connectivity index (χ0v) is 19.9. The minimum absolute atomic E-state index is 0.0429. The van der Waals surface area contributed by atoms with E-state index in [0.29, 0.717) is 32.0 Å². The molecular formula is C24H29N3O6S. The first kappa shape index (κ1) is 24.2. The number of rotatable bonds is 7. The number of esters is 1. The van der Waals surface area contributed by atoms with Gasteiger partial charge in [-0.3, -0.25) is 4.79 Å². The maximum Gasteiger partial charge on any atom is 0.338 e. The molecule has 1 unspecified atom stereocenters. The molecular weight excluding hydrogens is 458 g/mol. The number of hydrogen-bond donors (Lipinski definition) is 1. The molecule has 4 rings (SSSR count). The van der Waals surface area contributed by atoms with Crippen LogP contribution in [0.2, 0.25) is 0 Å². The van der Waals surface area contributed by atoms with Crippen molar-refractivity contribution in [3.63, 3.8) is 0 Å². The van der Waals surface area contributed by atoms with Crippen LogP contribution in [0, 0.1) is 0 Å². The Hall–Kier alpha value is -2.95. The van der Waals surface area contributed by atoms with Gasteiger partial charge in [0.25, 0.3) is 5.91 Å². The predicted molar refractivity (Wildman–Crippen MR) is 127 cm³/mol. The summed E-state index contributed by atoms with van der Waals surface area (Å²) in [6, 6.07) is 13.2. The number of benzene rings is 2. The van der Waals surface area contributed by atoms with Gasteiger partial charge in [-0.1, -0.05) is 6.07 Å². The molecule has 1 amide bonds. The Morgan fingerprint density at radius 1 is 1.00 bits per heavy atom. The first-order valence-electron chi connectivity index (χ1n) is 11.4. The maximum atomic E-state index is 12.8. The van der Waals surface area contributed by atoms with Crippen molar-refractivity contribution < 1.29 is 27.5 Å². The molecule has 2 saturated heterocycles. The fourth-order valence-electron chi connectivity index (χ4n) is 3.96. The fraction of sp³-hybridized carbons (Fsp3) is 0.417. The lowest BCUT2D eigenvalue weighted by Crippen LogP contribution is -2.36. The Morgan fingerprint density at radius 2 is 1.68 bits per heavy atom. The molecule has 2 aliphatic heterocycles. The number of nitrogens with one attached hydrogen (secondary N) is 1. The Kier molecular flexibility index (Phi) is 7.50. The second-order valence-corrected chi connectivity index (χ2v) is 10.3. The smallest absolute Gasteiger partial charge is 0.338 e. The second kappa shape index (κ2) is 10.5. The zero-order valence-electron chi connectivity index (χ0n) is 19.1. The van der Waals surface area contributed by atoms with E-state index < -0.39 is 28.0 Å². The van der Waals surface area contributed by atoms with E-state index in [1.807, 2.05) is 12.1 Å². The van der Waals surface area contributed by atoms with Gasteiger partial charge < -0.3 is 19.7 Å². The van der Waals surface area contributed by atoms with Gasteiger partial charge in [-0.15, -0.1) is 0 Å². The van der Waals surface area contributed by atoms with Crippen LogP contribution in [0.15, 0.2) is 53.4 Å². The fourth-order valence-corrected chi connectivity index (χ4v) is 5.53. The van der Waals surface area contributed by atoms with Crippen LogP contribution in [-0.2, 0) is 24.3 Å². The van der Waals surface area contributed by atoms with Gasteiger partial charge in [0, 0.05) is 37.6 Å². The standard InChI is InChI=1S/C24H29N3O6S/c1-18(23(28)25-20-7-9-21(10-8-20)26-13-15-32-16-14-26)33-24(29)19-5-4-6-22(17-19)34(30,31)27-11-2-3-12-27/h4-10,17-18H,2-3,11-16H2,1H3,(H,25,28). The van der Waals surface area contributed by atoms with Gasteiger partial charge in [0.15, 0.2) is 6.10 Å². The van der Waals surface area contributed by atoms with Crippen LogP contribution in [0.4, 0.5) is 11.4 Å². The molecule has 0 radical (unpaired) electrons. The third-order valence-corrected chi connectivity index (χ3v) is 7.83. The number of nitrogens with zero attached hydrogens (tertiary/aromatic N) is 2. The Morgan fingerprint density at radius 3 is 2.35 bits per heavy atom. The summed E-state index contributed by atoms with van der Waals surface area (Å²) in [5.74, 6) is -1.24. The third kappa shape index (κ3) is 5.57. The van der Waals surface area contributed by atoms with Crippen LogP contribution in [0.5, 0.6) is 0 Å². The van der Waals surface area contributed by atoms with Crippen LogP contribution < -0.4 is 10.2 Å². The van der Waals surface area contributed by atoms with Crippen molar-refractivity contribution in [2.24, 2.45) is 0 Å². The first-order valence-corrected chi connectivity index (χ1v) is 12.8. The van der Waals surface area contributed by atoms with E-state index in [9.17, 15) is 18.0 Å². The molecule has 0 aliphatic carbocycles. The molecule has 0 aromatic heterocycles. The van der Waals surface area contributed by atoms with E-state index in [4.69, 9.17) is 9.47 Å². The number of carbonyl (C=O) groups excluding carboxylic acids is 2. The molecule has 34 heavy (non-hydrogen) atoms. The van der Waals surface area contributed by atoms with Gasteiger partial charge in [-0.2, -0.15) is 4.31 Å². The lowest BCUT2D eigenvalue weighted by Gasteiger charge is -2.28. The monoisotopic (exact) mass is 487 g/mol. The molecule has 2 aliphatic rings. The number of hydrogen-bond acceptors (Lipinski definition) is 7. The highest BCUT2D eigenvalue weighted by atomic mass is 32.2. The maximum absolute atomic E-state index is 12.8. The number of morpholine rings is 1.